The van der Waals surface area contributed by atoms with Gasteiger partial charge in [-0.3, -0.25) is 0 Å². The van der Waals surface area contributed by atoms with Crippen LogP contribution in [0.2, 0.25) is 0 Å². The molecule has 2 aromatic rings. The van der Waals surface area contributed by atoms with Crippen LogP contribution in [0.25, 0.3) is 0 Å². The average molecular weight is 220 g/mol. The standard InChI is InChI=1S/C12H10F2N2/c13-10-3-1-9(2-4-10)8-16-11-5-6-15-12(14)7-11/h1-7H,8H2,(H,15,16). The Morgan fingerprint density at radius 2 is 1.81 bits per heavy atom. The van der Waals surface area contributed by atoms with Gasteiger partial charge in [0.15, 0.2) is 0 Å². The normalized spacial score (nSPS) is 10.1. The van der Waals surface area contributed by atoms with Crippen molar-refractivity contribution >= 4 is 5.69 Å². The second-order valence-corrected chi connectivity index (χ2v) is 3.35. The van der Waals surface area contributed by atoms with E-state index in [9.17, 15) is 8.78 Å². The van der Waals surface area contributed by atoms with Crippen LogP contribution >= 0.6 is 0 Å². The van der Waals surface area contributed by atoms with Crippen molar-refractivity contribution in [1.82, 2.24) is 4.98 Å². The van der Waals surface area contributed by atoms with E-state index in [0.717, 1.165) is 5.56 Å². The summed E-state index contributed by atoms with van der Waals surface area (Å²) in [5.74, 6) is -0.789. The zero-order chi connectivity index (χ0) is 11.4. The Morgan fingerprint density at radius 1 is 1.06 bits per heavy atom. The average Bonchev–Trinajstić information content (AvgIpc) is 2.28. The van der Waals surface area contributed by atoms with Crippen molar-refractivity contribution in [2.75, 3.05) is 5.32 Å². The molecule has 1 heterocycles. The molecule has 2 rings (SSSR count). The molecule has 0 aliphatic heterocycles. The summed E-state index contributed by atoms with van der Waals surface area (Å²) >= 11 is 0. The molecule has 16 heavy (non-hydrogen) atoms. The Kier molecular flexibility index (Phi) is 3.10. The number of hydrogen-bond acceptors (Lipinski definition) is 2. The topological polar surface area (TPSA) is 24.9 Å². The number of hydrogen-bond donors (Lipinski definition) is 1. The molecule has 4 heteroatoms. The Bertz CT molecular complexity index is 469. The van der Waals surface area contributed by atoms with Crippen LogP contribution in [0.5, 0.6) is 0 Å². The third-order valence-electron chi connectivity index (χ3n) is 2.14. The van der Waals surface area contributed by atoms with E-state index in [-0.39, 0.29) is 5.82 Å². The number of aromatic nitrogens is 1. The lowest BCUT2D eigenvalue weighted by atomic mass is 10.2. The first-order valence-corrected chi connectivity index (χ1v) is 4.84. The van der Waals surface area contributed by atoms with Crippen molar-refractivity contribution in [3.8, 4) is 0 Å². The highest BCUT2D eigenvalue weighted by Crippen LogP contribution is 2.09. The van der Waals surface area contributed by atoms with Crippen molar-refractivity contribution in [3.05, 3.63) is 59.9 Å². The van der Waals surface area contributed by atoms with Gasteiger partial charge in [-0.1, -0.05) is 12.1 Å². The summed E-state index contributed by atoms with van der Waals surface area (Å²) in [6.07, 6.45) is 1.39. The first-order chi connectivity index (χ1) is 7.74. The van der Waals surface area contributed by atoms with E-state index in [1.54, 1.807) is 18.2 Å². The molecule has 0 spiro atoms. The quantitative estimate of drug-likeness (QED) is 0.804. The summed E-state index contributed by atoms with van der Waals surface area (Å²) in [6, 6.07) is 9.13. The van der Waals surface area contributed by atoms with Gasteiger partial charge in [0.05, 0.1) is 0 Å². The minimum atomic E-state index is -0.524. The Balaban J connectivity index is 1.99. The molecule has 0 aliphatic rings. The van der Waals surface area contributed by atoms with Gasteiger partial charge in [0.2, 0.25) is 5.95 Å². The molecular weight excluding hydrogens is 210 g/mol. The zero-order valence-corrected chi connectivity index (χ0v) is 8.45. The van der Waals surface area contributed by atoms with E-state index in [0.29, 0.717) is 12.2 Å². The molecule has 0 atom stereocenters. The van der Waals surface area contributed by atoms with E-state index in [2.05, 4.69) is 10.3 Å². The molecule has 1 N–H and O–H groups in total. The smallest absolute Gasteiger partial charge is 0.214 e. The number of anilines is 1. The Morgan fingerprint density at radius 3 is 2.50 bits per heavy atom. The van der Waals surface area contributed by atoms with Crippen molar-refractivity contribution in [2.24, 2.45) is 0 Å². The van der Waals surface area contributed by atoms with Gasteiger partial charge >= 0.3 is 0 Å². The van der Waals surface area contributed by atoms with E-state index in [1.165, 1.54) is 24.4 Å². The fourth-order valence-corrected chi connectivity index (χ4v) is 1.32. The van der Waals surface area contributed by atoms with Crippen LogP contribution in [0, 0.1) is 11.8 Å². The van der Waals surface area contributed by atoms with Gasteiger partial charge in [0.1, 0.15) is 5.82 Å². The van der Waals surface area contributed by atoms with E-state index in [1.807, 2.05) is 0 Å². The molecule has 0 saturated carbocycles. The van der Waals surface area contributed by atoms with Gasteiger partial charge < -0.3 is 5.32 Å². The van der Waals surface area contributed by atoms with Gasteiger partial charge in [-0.05, 0) is 23.8 Å². The summed E-state index contributed by atoms with van der Waals surface area (Å²) in [4.78, 5) is 3.45. The number of nitrogens with one attached hydrogen (secondary N) is 1. The second kappa shape index (κ2) is 4.70. The number of halogens is 2. The third kappa shape index (κ3) is 2.76. The van der Waals surface area contributed by atoms with Crippen LogP contribution in [0.1, 0.15) is 5.56 Å². The second-order valence-electron chi connectivity index (χ2n) is 3.35. The molecular formula is C12H10F2N2. The molecule has 0 radical (unpaired) electrons. The van der Waals surface area contributed by atoms with Crippen LogP contribution in [-0.2, 0) is 6.54 Å². The molecule has 0 bridgehead atoms. The van der Waals surface area contributed by atoms with Gasteiger partial charge in [-0.2, -0.15) is 4.39 Å². The highest BCUT2D eigenvalue weighted by molar-refractivity contribution is 5.41. The monoisotopic (exact) mass is 220 g/mol. The van der Waals surface area contributed by atoms with Crippen molar-refractivity contribution in [3.63, 3.8) is 0 Å². The minimum absolute atomic E-state index is 0.265. The Labute approximate surface area is 92.0 Å². The van der Waals surface area contributed by atoms with Crippen LogP contribution in [-0.4, -0.2) is 4.98 Å². The third-order valence-corrected chi connectivity index (χ3v) is 2.14. The molecule has 2 nitrogen and oxygen atoms in total. The number of rotatable bonds is 3. The molecule has 0 saturated heterocycles. The number of pyridine rings is 1. The molecule has 1 aromatic carbocycles. The van der Waals surface area contributed by atoms with E-state index in [4.69, 9.17) is 0 Å². The predicted octanol–water partition coefficient (Wildman–Crippen LogP) is 2.97. The van der Waals surface area contributed by atoms with E-state index >= 15 is 0 Å². The van der Waals surface area contributed by atoms with Crippen molar-refractivity contribution in [2.45, 2.75) is 6.54 Å². The summed E-state index contributed by atoms with van der Waals surface area (Å²) in [5.41, 5.74) is 1.58. The number of benzene rings is 1. The van der Waals surface area contributed by atoms with Gasteiger partial charge in [0, 0.05) is 24.5 Å². The lowest BCUT2D eigenvalue weighted by Gasteiger charge is -2.05. The maximum atomic E-state index is 12.7. The highest BCUT2D eigenvalue weighted by Gasteiger charge is 1.96. The van der Waals surface area contributed by atoms with Crippen molar-refractivity contribution in [1.29, 1.82) is 0 Å². The Hall–Kier alpha value is -1.97. The summed E-state index contributed by atoms with van der Waals surface area (Å²) in [6.45, 7) is 0.518. The molecule has 0 unspecified atom stereocenters. The predicted molar refractivity (Wildman–Crippen MR) is 57.9 cm³/mol. The SMILES string of the molecule is Fc1ccc(CNc2ccnc(F)c2)cc1. The fraction of sp³-hybridized carbons (Fsp3) is 0.0833. The lowest BCUT2D eigenvalue weighted by Crippen LogP contribution is -2.00. The van der Waals surface area contributed by atoms with Crippen LogP contribution in [0.15, 0.2) is 42.6 Å². The summed E-state index contributed by atoms with van der Waals surface area (Å²) < 4.78 is 25.4. The van der Waals surface area contributed by atoms with Crippen LogP contribution in [0.3, 0.4) is 0 Å². The first-order valence-electron chi connectivity index (χ1n) is 4.84. The van der Waals surface area contributed by atoms with E-state index < -0.39 is 5.95 Å². The molecule has 82 valence electrons. The molecule has 0 fully saturated rings. The molecule has 0 amide bonds. The fourth-order valence-electron chi connectivity index (χ4n) is 1.32. The minimum Gasteiger partial charge on any atom is -0.381 e. The van der Waals surface area contributed by atoms with Gasteiger partial charge in [0.25, 0.3) is 0 Å². The highest BCUT2D eigenvalue weighted by atomic mass is 19.1. The van der Waals surface area contributed by atoms with Gasteiger partial charge in [-0.25, -0.2) is 9.37 Å². The summed E-state index contributed by atoms with van der Waals surface area (Å²) in [7, 11) is 0. The lowest BCUT2D eigenvalue weighted by molar-refractivity contribution is 0.584. The summed E-state index contributed by atoms with van der Waals surface area (Å²) in [5, 5.41) is 3.02. The van der Waals surface area contributed by atoms with Gasteiger partial charge in [-0.15, -0.1) is 0 Å². The first kappa shape index (κ1) is 10.5. The van der Waals surface area contributed by atoms with Crippen molar-refractivity contribution < 1.29 is 8.78 Å². The number of nitrogens with zero attached hydrogens (tertiary/aromatic N) is 1. The molecule has 0 aliphatic carbocycles. The largest absolute Gasteiger partial charge is 0.381 e. The zero-order valence-electron chi connectivity index (χ0n) is 8.45. The van der Waals surface area contributed by atoms with Crippen LogP contribution < -0.4 is 5.32 Å². The molecule has 1 aromatic heterocycles. The van der Waals surface area contributed by atoms with Crippen LogP contribution in [0.4, 0.5) is 14.5 Å². The maximum absolute atomic E-state index is 12.7. The maximum Gasteiger partial charge on any atom is 0.214 e.